The molecule has 0 saturated heterocycles. The fourth-order valence-corrected chi connectivity index (χ4v) is 3.10. The highest BCUT2D eigenvalue weighted by Gasteiger charge is 2.28. The molecule has 1 atom stereocenters. The van der Waals surface area contributed by atoms with Crippen LogP contribution in [0.5, 0.6) is 5.75 Å². The molecule has 5 nitrogen and oxygen atoms in total. The third kappa shape index (κ3) is 3.94. The van der Waals surface area contributed by atoms with Crippen LogP contribution >= 0.6 is 0 Å². The molecule has 0 saturated carbocycles. The molecule has 1 aliphatic rings. The molecule has 5 heteroatoms. The van der Waals surface area contributed by atoms with Gasteiger partial charge in [0.15, 0.2) is 0 Å². The summed E-state index contributed by atoms with van der Waals surface area (Å²) in [6.45, 7) is 4.03. The predicted octanol–water partition coefficient (Wildman–Crippen LogP) is 3.99. The van der Waals surface area contributed by atoms with E-state index in [1.165, 1.54) is 6.92 Å². The molecule has 0 fully saturated rings. The summed E-state index contributed by atoms with van der Waals surface area (Å²) in [6, 6.07) is 14.8. The van der Waals surface area contributed by atoms with E-state index in [0.717, 1.165) is 16.9 Å². The number of carbonyl (C=O) groups excluding carboxylic acids is 2. The van der Waals surface area contributed by atoms with E-state index in [2.05, 4.69) is 5.32 Å². The van der Waals surface area contributed by atoms with E-state index in [1.807, 2.05) is 49.4 Å². The smallest absolute Gasteiger partial charge is 0.226 e. The molecule has 134 valence electrons. The standard InChI is InChI=1S/C21H22N2O3/c1-3-26-18-10-8-17(9-11-18)22-21(25)14-20-19-7-5-4-6-16(19)12-13-23(20)15(2)24/h4-13,20H,3,14H2,1-2H3,(H,22,25)/t20-/m1/s1. The molecule has 1 N–H and O–H groups in total. The maximum atomic E-state index is 12.6. The van der Waals surface area contributed by atoms with Crippen molar-refractivity contribution in [1.29, 1.82) is 0 Å². The molecule has 2 aromatic carbocycles. The lowest BCUT2D eigenvalue weighted by Crippen LogP contribution is -2.33. The molecule has 0 bridgehead atoms. The zero-order chi connectivity index (χ0) is 18.5. The molecular formula is C21H22N2O3. The average molecular weight is 350 g/mol. The third-order valence-corrected chi connectivity index (χ3v) is 4.30. The summed E-state index contributed by atoms with van der Waals surface area (Å²) in [5, 5.41) is 2.89. The number of amides is 2. The van der Waals surface area contributed by atoms with Crippen LogP contribution in [0.25, 0.3) is 6.08 Å². The Bertz CT molecular complexity index is 827. The van der Waals surface area contributed by atoms with Gasteiger partial charge in [-0.1, -0.05) is 24.3 Å². The maximum absolute atomic E-state index is 12.6. The Labute approximate surface area is 153 Å². The Morgan fingerprint density at radius 2 is 1.85 bits per heavy atom. The number of benzene rings is 2. The summed E-state index contributed by atoms with van der Waals surface area (Å²) in [5.74, 6) is 0.532. The predicted molar refractivity (Wildman–Crippen MR) is 102 cm³/mol. The van der Waals surface area contributed by atoms with Crippen LogP contribution in [-0.2, 0) is 9.59 Å². The second-order valence-corrected chi connectivity index (χ2v) is 6.10. The number of fused-ring (bicyclic) bond motifs is 1. The first kappa shape index (κ1) is 17.7. The van der Waals surface area contributed by atoms with Gasteiger partial charge < -0.3 is 15.0 Å². The largest absolute Gasteiger partial charge is 0.494 e. The fraction of sp³-hybridized carbons (Fsp3) is 0.238. The number of nitrogens with zero attached hydrogens (tertiary/aromatic N) is 1. The van der Waals surface area contributed by atoms with Crippen molar-refractivity contribution in [3.05, 3.63) is 65.9 Å². The summed E-state index contributed by atoms with van der Waals surface area (Å²) < 4.78 is 5.40. The van der Waals surface area contributed by atoms with E-state index in [1.54, 1.807) is 23.2 Å². The van der Waals surface area contributed by atoms with E-state index in [4.69, 9.17) is 4.74 Å². The molecule has 0 unspecified atom stereocenters. The molecule has 0 radical (unpaired) electrons. The fourth-order valence-electron chi connectivity index (χ4n) is 3.10. The Morgan fingerprint density at radius 3 is 2.54 bits per heavy atom. The third-order valence-electron chi connectivity index (χ3n) is 4.30. The number of ether oxygens (including phenoxy) is 1. The molecule has 0 spiro atoms. The SMILES string of the molecule is CCOc1ccc(NC(=O)C[C@@H]2c3ccccc3C=CN2C(C)=O)cc1. The van der Waals surface area contributed by atoms with Crippen LogP contribution in [-0.4, -0.2) is 23.3 Å². The van der Waals surface area contributed by atoms with Crippen LogP contribution in [0.15, 0.2) is 54.7 Å². The molecular weight excluding hydrogens is 328 g/mol. The minimum atomic E-state index is -0.309. The molecule has 1 aliphatic heterocycles. The van der Waals surface area contributed by atoms with Crippen LogP contribution in [0.3, 0.4) is 0 Å². The highest BCUT2D eigenvalue weighted by molar-refractivity contribution is 5.92. The first-order valence-corrected chi connectivity index (χ1v) is 8.67. The maximum Gasteiger partial charge on any atom is 0.226 e. The molecule has 0 aliphatic carbocycles. The van der Waals surface area contributed by atoms with Gasteiger partial charge in [-0.15, -0.1) is 0 Å². The van der Waals surface area contributed by atoms with Crippen molar-refractivity contribution in [2.75, 3.05) is 11.9 Å². The van der Waals surface area contributed by atoms with Gasteiger partial charge in [-0.25, -0.2) is 0 Å². The van der Waals surface area contributed by atoms with Gasteiger partial charge in [0.05, 0.1) is 19.1 Å². The van der Waals surface area contributed by atoms with Crippen LogP contribution in [0.1, 0.15) is 37.4 Å². The Balaban J connectivity index is 1.74. The van der Waals surface area contributed by atoms with Crippen molar-refractivity contribution < 1.29 is 14.3 Å². The van der Waals surface area contributed by atoms with Crippen molar-refractivity contribution in [2.45, 2.75) is 26.3 Å². The molecule has 3 rings (SSSR count). The molecule has 2 amide bonds. The Hall–Kier alpha value is -3.08. The van der Waals surface area contributed by atoms with E-state index in [9.17, 15) is 9.59 Å². The summed E-state index contributed by atoms with van der Waals surface area (Å²) >= 11 is 0. The van der Waals surface area contributed by atoms with Crippen molar-refractivity contribution in [3.8, 4) is 5.75 Å². The molecule has 2 aromatic rings. The zero-order valence-electron chi connectivity index (χ0n) is 14.9. The number of hydrogen-bond acceptors (Lipinski definition) is 3. The first-order valence-electron chi connectivity index (χ1n) is 8.67. The monoisotopic (exact) mass is 350 g/mol. The van der Waals surface area contributed by atoms with Crippen molar-refractivity contribution in [2.24, 2.45) is 0 Å². The average Bonchev–Trinajstić information content (AvgIpc) is 2.63. The molecule has 0 aromatic heterocycles. The van der Waals surface area contributed by atoms with E-state index in [0.29, 0.717) is 12.3 Å². The van der Waals surface area contributed by atoms with Gasteiger partial charge >= 0.3 is 0 Å². The first-order chi connectivity index (χ1) is 12.6. The molecule has 26 heavy (non-hydrogen) atoms. The van der Waals surface area contributed by atoms with Gasteiger partial charge in [0.1, 0.15) is 5.75 Å². The van der Waals surface area contributed by atoms with Crippen molar-refractivity contribution >= 4 is 23.6 Å². The highest BCUT2D eigenvalue weighted by atomic mass is 16.5. The van der Waals surface area contributed by atoms with Crippen LogP contribution in [0.2, 0.25) is 0 Å². The second-order valence-electron chi connectivity index (χ2n) is 6.10. The van der Waals surface area contributed by atoms with E-state index >= 15 is 0 Å². The number of hydrogen-bond donors (Lipinski definition) is 1. The summed E-state index contributed by atoms with van der Waals surface area (Å²) in [5.41, 5.74) is 2.71. The zero-order valence-corrected chi connectivity index (χ0v) is 14.9. The number of rotatable bonds is 5. The number of anilines is 1. The van der Waals surface area contributed by atoms with Crippen LogP contribution in [0.4, 0.5) is 5.69 Å². The molecule has 1 heterocycles. The van der Waals surface area contributed by atoms with Gasteiger partial charge in [-0.05, 0) is 48.4 Å². The van der Waals surface area contributed by atoms with Gasteiger partial charge in [-0.3, -0.25) is 9.59 Å². The van der Waals surface area contributed by atoms with Crippen molar-refractivity contribution in [3.63, 3.8) is 0 Å². The lowest BCUT2D eigenvalue weighted by Gasteiger charge is -2.32. The normalized spacial score (nSPS) is 15.3. The van der Waals surface area contributed by atoms with Crippen LogP contribution in [0, 0.1) is 0 Å². The summed E-state index contributed by atoms with van der Waals surface area (Å²) in [4.78, 5) is 26.2. The van der Waals surface area contributed by atoms with Gasteiger partial charge in [0.25, 0.3) is 0 Å². The van der Waals surface area contributed by atoms with Crippen molar-refractivity contribution in [1.82, 2.24) is 4.90 Å². The second kappa shape index (κ2) is 7.87. The number of nitrogens with one attached hydrogen (secondary N) is 1. The topological polar surface area (TPSA) is 58.6 Å². The van der Waals surface area contributed by atoms with Gasteiger partial charge in [-0.2, -0.15) is 0 Å². The lowest BCUT2D eigenvalue weighted by molar-refractivity contribution is -0.129. The minimum Gasteiger partial charge on any atom is -0.494 e. The van der Waals surface area contributed by atoms with Crippen LogP contribution < -0.4 is 10.1 Å². The summed E-state index contributed by atoms with van der Waals surface area (Å²) in [7, 11) is 0. The summed E-state index contributed by atoms with van der Waals surface area (Å²) in [6.07, 6.45) is 3.84. The van der Waals surface area contributed by atoms with Gasteiger partial charge in [0, 0.05) is 18.8 Å². The minimum absolute atomic E-state index is 0.0883. The highest BCUT2D eigenvalue weighted by Crippen LogP contribution is 2.33. The number of carbonyl (C=O) groups is 2. The van der Waals surface area contributed by atoms with Gasteiger partial charge in [0.2, 0.25) is 11.8 Å². The Morgan fingerprint density at radius 1 is 1.12 bits per heavy atom. The Kier molecular flexibility index (Phi) is 5.37. The lowest BCUT2D eigenvalue weighted by atomic mass is 9.93. The van der Waals surface area contributed by atoms with E-state index in [-0.39, 0.29) is 24.3 Å². The van der Waals surface area contributed by atoms with E-state index < -0.39 is 0 Å². The quantitative estimate of drug-likeness (QED) is 0.887.